The minimum atomic E-state index is -1.50. The van der Waals surface area contributed by atoms with E-state index >= 15 is 0 Å². The van der Waals surface area contributed by atoms with Crippen molar-refractivity contribution in [2.75, 3.05) is 0 Å². The van der Waals surface area contributed by atoms with E-state index in [-0.39, 0.29) is 31.1 Å². The fourth-order valence-corrected chi connectivity index (χ4v) is 9.94. The van der Waals surface area contributed by atoms with Crippen molar-refractivity contribution in [1.29, 1.82) is 0 Å². The lowest BCUT2D eigenvalue weighted by atomic mass is 9.45. The summed E-state index contributed by atoms with van der Waals surface area (Å²) >= 11 is 0. The molecular weight excluding hydrogens is 478 g/mol. The molecule has 214 valence electrons. The van der Waals surface area contributed by atoms with Gasteiger partial charge in [0, 0.05) is 6.42 Å². The second-order valence-corrected chi connectivity index (χ2v) is 14.4. The number of carbonyl (C=O) groups is 2. The molecule has 1 saturated heterocycles. The van der Waals surface area contributed by atoms with E-state index in [4.69, 9.17) is 15.2 Å². The van der Waals surface area contributed by atoms with Crippen molar-refractivity contribution in [1.82, 2.24) is 0 Å². The van der Waals surface area contributed by atoms with E-state index in [0.717, 1.165) is 42.6 Å². The van der Waals surface area contributed by atoms with Crippen LogP contribution in [0.2, 0.25) is 0 Å². The SMILES string of the molecule is CC(C)CCCC(C)C1CCC2C3CC=C4CC(O)CC5(OC(=O)CCC(N)C(=O)O5)C4(C)C3CCC12C. The van der Waals surface area contributed by atoms with Crippen molar-refractivity contribution >= 4 is 11.9 Å². The smallest absolute Gasteiger partial charge is 0.326 e. The first-order valence-electron chi connectivity index (χ1n) is 15.5. The van der Waals surface area contributed by atoms with Crippen LogP contribution in [0.3, 0.4) is 0 Å². The average Bonchev–Trinajstić information content (AvgIpc) is 3.20. The molecule has 0 bridgehead atoms. The maximum atomic E-state index is 13.1. The number of fused-ring (bicyclic) bond motifs is 6. The van der Waals surface area contributed by atoms with Crippen LogP contribution in [0.5, 0.6) is 0 Å². The normalized spacial score (nSPS) is 45.7. The molecule has 4 aliphatic carbocycles. The molecule has 10 unspecified atom stereocenters. The lowest BCUT2D eigenvalue weighted by molar-refractivity contribution is -0.302. The van der Waals surface area contributed by atoms with E-state index in [1.54, 1.807) is 0 Å². The summed E-state index contributed by atoms with van der Waals surface area (Å²) in [5.74, 6) is 1.14. The van der Waals surface area contributed by atoms with E-state index < -0.39 is 29.3 Å². The highest BCUT2D eigenvalue weighted by Crippen LogP contribution is 2.69. The number of esters is 2. The predicted molar refractivity (Wildman–Crippen MR) is 147 cm³/mol. The van der Waals surface area contributed by atoms with Gasteiger partial charge in [-0.1, -0.05) is 58.6 Å². The van der Waals surface area contributed by atoms with Crippen molar-refractivity contribution in [2.24, 2.45) is 52.1 Å². The van der Waals surface area contributed by atoms with E-state index in [1.807, 2.05) is 0 Å². The highest BCUT2D eigenvalue weighted by atomic mass is 16.7. The number of aliphatic hydroxyl groups excluding tert-OH is 1. The van der Waals surface area contributed by atoms with E-state index in [0.29, 0.717) is 23.7 Å². The van der Waals surface area contributed by atoms with Crippen LogP contribution >= 0.6 is 0 Å². The largest absolute Gasteiger partial charge is 0.421 e. The summed E-state index contributed by atoms with van der Waals surface area (Å²) in [5.41, 5.74) is 6.85. The topological polar surface area (TPSA) is 98.9 Å². The molecule has 0 amide bonds. The van der Waals surface area contributed by atoms with E-state index in [2.05, 4.69) is 40.7 Å². The van der Waals surface area contributed by atoms with Gasteiger partial charge in [-0.05, 0) is 92.8 Å². The van der Waals surface area contributed by atoms with Gasteiger partial charge in [-0.2, -0.15) is 0 Å². The zero-order valence-electron chi connectivity index (χ0n) is 24.3. The summed E-state index contributed by atoms with van der Waals surface area (Å²) in [6, 6.07) is -0.850. The number of rotatable bonds is 5. The lowest BCUT2D eigenvalue weighted by Gasteiger charge is -2.62. The quantitative estimate of drug-likeness (QED) is 0.340. The van der Waals surface area contributed by atoms with Crippen molar-refractivity contribution in [3.05, 3.63) is 11.6 Å². The second-order valence-electron chi connectivity index (χ2n) is 14.4. The van der Waals surface area contributed by atoms with E-state index in [9.17, 15) is 14.7 Å². The highest BCUT2D eigenvalue weighted by Gasteiger charge is 2.69. The van der Waals surface area contributed by atoms with Gasteiger partial charge in [-0.25, -0.2) is 0 Å². The molecule has 1 spiro atoms. The number of carbonyl (C=O) groups excluding carboxylic acids is 2. The van der Waals surface area contributed by atoms with Crippen molar-refractivity contribution < 1.29 is 24.2 Å². The third-order valence-corrected chi connectivity index (χ3v) is 11.9. The van der Waals surface area contributed by atoms with Crippen LogP contribution in [0.25, 0.3) is 0 Å². The zero-order chi connectivity index (χ0) is 27.5. The van der Waals surface area contributed by atoms with Crippen LogP contribution in [0.15, 0.2) is 11.6 Å². The molecule has 1 aliphatic heterocycles. The fraction of sp³-hybridized carbons (Fsp3) is 0.875. The van der Waals surface area contributed by atoms with Crippen LogP contribution in [0.4, 0.5) is 0 Å². The maximum absolute atomic E-state index is 13.1. The predicted octanol–water partition coefficient (Wildman–Crippen LogP) is 5.90. The van der Waals surface area contributed by atoms with Gasteiger partial charge in [0.15, 0.2) is 0 Å². The molecule has 5 rings (SSSR count). The summed E-state index contributed by atoms with van der Waals surface area (Å²) in [7, 11) is 0. The molecule has 4 fully saturated rings. The number of ether oxygens (including phenoxy) is 2. The number of allylic oxidation sites excluding steroid dienone is 1. The summed E-state index contributed by atoms with van der Waals surface area (Å²) in [6.07, 6.45) is 12.2. The second kappa shape index (κ2) is 10.2. The first-order valence-corrected chi connectivity index (χ1v) is 15.5. The summed E-state index contributed by atoms with van der Waals surface area (Å²) in [5, 5.41) is 10.9. The molecule has 3 saturated carbocycles. The summed E-state index contributed by atoms with van der Waals surface area (Å²) < 4.78 is 12.3. The van der Waals surface area contributed by atoms with Gasteiger partial charge in [0.2, 0.25) is 0 Å². The standard InChI is InChI=1S/C32H51NO5/c1-19(2)7-6-8-20(3)24-11-12-25-23-10-9-21-17-22(34)18-32(31(21,5)26(23)15-16-30(24,25)4)37-28(35)14-13-27(33)29(36)38-32/h9,19-20,22-27,34H,6-8,10-18,33H2,1-5H3. The summed E-state index contributed by atoms with van der Waals surface area (Å²) in [6.45, 7) is 11.8. The van der Waals surface area contributed by atoms with Gasteiger partial charge in [0.05, 0.1) is 17.9 Å². The van der Waals surface area contributed by atoms with Crippen LogP contribution < -0.4 is 5.73 Å². The third-order valence-electron chi connectivity index (χ3n) is 11.9. The third kappa shape index (κ3) is 4.46. The Labute approximate surface area is 229 Å². The summed E-state index contributed by atoms with van der Waals surface area (Å²) in [4.78, 5) is 26.0. The van der Waals surface area contributed by atoms with Gasteiger partial charge in [0.25, 0.3) is 5.79 Å². The minimum Gasteiger partial charge on any atom is -0.421 e. The average molecular weight is 530 g/mol. The molecule has 10 atom stereocenters. The van der Waals surface area contributed by atoms with E-state index in [1.165, 1.54) is 32.1 Å². The molecule has 5 aliphatic rings. The van der Waals surface area contributed by atoms with Crippen molar-refractivity contribution in [3.8, 4) is 0 Å². The minimum absolute atomic E-state index is 0.0917. The van der Waals surface area contributed by atoms with Gasteiger partial charge in [0.1, 0.15) is 6.04 Å². The molecule has 1 heterocycles. The fourth-order valence-electron chi connectivity index (χ4n) is 9.94. The van der Waals surface area contributed by atoms with Crippen LogP contribution in [-0.2, 0) is 19.1 Å². The van der Waals surface area contributed by atoms with Crippen LogP contribution in [0.1, 0.15) is 112 Å². The Bertz CT molecular complexity index is 961. The van der Waals surface area contributed by atoms with Crippen molar-refractivity contribution in [3.63, 3.8) is 0 Å². The molecule has 38 heavy (non-hydrogen) atoms. The number of hydrogen-bond acceptors (Lipinski definition) is 6. The van der Waals surface area contributed by atoms with Crippen LogP contribution in [-0.4, -0.2) is 35.0 Å². The Kier molecular flexibility index (Phi) is 7.56. The van der Waals surface area contributed by atoms with Crippen molar-refractivity contribution in [2.45, 2.75) is 130 Å². The lowest BCUT2D eigenvalue weighted by Crippen LogP contribution is -2.66. The Hall–Kier alpha value is -1.40. The zero-order valence-corrected chi connectivity index (χ0v) is 24.3. The van der Waals surface area contributed by atoms with Gasteiger partial charge in [-0.3, -0.25) is 9.59 Å². The molecule has 3 N–H and O–H groups in total. The molecule has 0 aromatic rings. The Morgan fingerprint density at radius 3 is 2.55 bits per heavy atom. The Balaban J connectivity index is 1.46. The number of aliphatic hydroxyl groups is 1. The molecule has 0 radical (unpaired) electrons. The van der Waals surface area contributed by atoms with Crippen LogP contribution in [0, 0.1) is 46.3 Å². The monoisotopic (exact) mass is 529 g/mol. The molecule has 0 aromatic heterocycles. The first kappa shape index (κ1) is 28.1. The van der Waals surface area contributed by atoms with Gasteiger partial charge < -0.3 is 20.3 Å². The molecular formula is C32H51NO5. The first-order chi connectivity index (χ1) is 17.9. The van der Waals surface area contributed by atoms with Gasteiger partial charge in [-0.15, -0.1) is 0 Å². The Morgan fingerprint density at radius 2 is 1.82 bits per heavy atom. The number of hydrogen-bond donors (Lipinski definition) is 2. The highest BCUT2D eigenvalue weighted by molar-refractivity contribution is 5.79. The molecule has 0 aromatic carbocycles. The van der Waals surface area contributed by atoms with Gasteiger partial charge >= 0.3 is 11.9 Å². The maximum Gasteiger partial charge on any atom is 0.326 e. The molecule has 6 heteroatoms. The number of nitrogens with two attached hydrogens (primary N) is 1. The Morgan fingerprint density at radius 1 is 1.05 bits per heavy atom. The molecule has 6 nitrogen and oxygen atoms in total.